The van der Waals surface area contributed by atoms with E-state index >= 15 is 0 Å². The first-order valence-electron chi connectivity index (χ1n) is 9.50. The van der Waals surface area contributed by atoms with Crippen molar-refractivity contribution in [2.75, 3.05) is 7.11 Å². The van der Waals surface area contributed by atoms with E-state index in [0.29, 0.717) is 5.58 Å². The van der Waals surface area contributed by atoms with Crippen LogP contribution in [0.15, 0.2) is 88.1 Å². The summed E-state index contributed by atoms with van der Waals surface area (Å²) < 4.78 is 11.0. The third-order valence-electron chi connectivity index (χ3n) is 5.80. The van der Waals surface area contributed by atoms with Gasteiger partial charge >= 0.3 is 5.63 Å². The minimum absolute atomic E-state index is 0.0227. The lowest BCUT2D eigenvalue weighted by molar-refractivity contribution is 0.414. The van der Waals surface area contributed by atoms with Gasteiger partial charge in [-0.25, -0.2) is 4.79 Å². The third-order valence-corrected chi connectivity index (χ3v) is 5.80. The molecule has 28 heavy (non-hydrogen) atoms. The average molecular weight is 368 g/mol. The third kappa shape index (κ3) is 2.63. The molecule has 1 aromatic heterocycles. The second-order valence-corrected chi connectivity index (χ2v) is 7.25. The molecule has 0 saturated heterocycles. The van der Waals surface area contributed by atoms with Gasteiger partial charge in [-0.05, 0) is 47.2 Å². The molecule has 0 amide bonds. The monoisotopic (exact) mass is 368 g/mol. The van der Waals surface area contributed by atoms with E-state index in [1.807, 2.05) is 48.5 Å². The Hall–Kier alpha value is -3.33. The Morgan fingerprint density at radius 1 is 0.857 bits per heavy atom. The number of hydrogen-bond acceptors (Lipinski definition) is 3. The highest BCUT2D eigenvalue weighted by molar-refractivity contribution is 5.82. The van der Waals surface area contributed by atoms with E-state index in [1.54, 1.807) is 7.11 Å². The molecule has 0 aliphatic heterocycles. The maximum Gasteiger partial charge on any atom is 0.340 e. The molecule has 3 aromatic carbocycles. The van der Waals surface area contributed by atoms with E-state index < -0.39 is 0 Å². The van der Waals surface area contributed by atoms with E-state index in [4.69, 9.17) is 9.15 Å². The lowest BCUT2D eigenvalue weighted by Crippen LogP contribution is -2.15. The van der Waals surface area contributed by atoms with Crippen molar-refractivity contribution >= 4 is 11.0 Å². The maximum atomic E-state index is 13.0. The number of hydrogen-bond donors (Lipinski definition) is 0. The minimum atomic E-state index is -0.224. The zero-order valence-corrected chi connectivity index (χ0v) is 15.6. The highest BCUT2D eigenvalue weighted by atomic mass is 16.5. The van der Waals surface area contributed by atoms with Crippen molar-refractivity contribution in [3.63, 3.8) is 0 Å². The number of methoxy groups -OCH3 is 1. The first-order chi connectivity index (χ1) is 13.8. The quantitative estimate of drug-likeness (QED) is 0.462. The molecule has 2 atom stereocenters. The first kappa shape index (κ1) is 16.8. The van der Waals surface area contributed by atoms with Crippen LogP contribution < -0.4 is 10.4 Å². The van der Waals surface area contributed by atoms with Crippen molar-refractivity contribution in [1.29, 1.82) is 0 Å². The molecule has 0 fully saturated rings. The highest BCUT2D eigenvalue weighted by Crippen LogP contribution is 2.48. The second-order valence-electron chi connectivity index (χ2n) is 7.25. The van der Waals surface area contributed by atoms with Crippen molar-refractivity contribution in [2.45, 2.75) is 18.3 Å². The van der Waals surface area contributed by atoms with Crippen LogP contribution in [0.1, 0.15) is 34.1 Å². The SMILES string of the molecule is COc1ccc([C@H]2Cc3c(c(=O)oc4ccccc34)[C@@H]2c2ccccc2)cc1. The van der Waals surface area contributed by atoms with Crippen LogP contribution >= 0.6 is 0 Å². The van der Waals surface area contributed by atoms with Gasteiger partial charge in [-0.15, -0.1) is 0 Å². The van der Waals surface area contributed by atoms with Crippen LogP contribution in [0, 0.1) is 0 Å². The van der Waals surface area contributed by atoms with Crippen LogP contribution in [0.25, 0.3) is 11.0 Å². The minimum Gasteiger partial charge on any atom is -0.497 e. The predicted molar refractivity (Wildman–Crippen MR) is 110 cm³/mol. The summed E-state index contributed by atoms with van der Waals surface area (Å²) in [5.41, 5.74) is 4.69. The number of ether oxygens (including phenoxy) is 1. The van der Waals surface area contributed by atoms with E-state index in [1.165, 1.54) is 5.56 Å². The van der Waals surface area contributed by atoms with Gasteiger partial charge < -0.3 is 9.15 Å². The van der Waals surface area contributed by atoms with Gasteiger partial charge in [-0.2, -0.15) is 0 Å². The van der Waals surface area contributed by atoms with Gasteiger partial charge in [0.05, 0.1) is 7.11 Å². The van der Waals surface area contributed by atoms with Gasteiger partial charge in [0.2, 0.25) is 0 Å². The Labute approximate surface area is 163 Å². The second kappa shape index (κ2) is 6.68. The van der Waals surface area contributed by atoms with Crippen molar-refractivity contribution in [2.24, 2.45) is 0 Å². The molecule has 3 nitrogen and oxygen atoms in total. The summed E-state index contributed by atoms with van der Waals surface area (Å²) in [7, 11) is 1.67. The Morgan fingerprint density at radius 3 is 2.32 bits per heavy atom. The molecule has 0 saturated carbocycles. The van der Waals surface area contributed by atoms with Gasteiger partial charge in [0, 0.05) is 16.9 Å². The Bertz CT molecular complexity index is 1190. The zero-order valence-electron chi connectivity index (χ0n) is 15.6. The van der Waals surface area contributed by atoms with Crippen LogP contribution in [0.4, 0.5) is 0 Å². The molecule has 1 aliphatic rings. The Kier molecular flexibility index (Phi) is 4.01. The van der Waals surface area contributed by atoms with Crippen LogP contribution in [-0.2, 0) is 6.42 Å². The zero-order chi connectivity index (χ0) is 19.1. The molecular formula is C25H20O3. The molecule has 0 spiro atoms. The van der Waals surface area contributed by atoms with Gasteiger partial charge in [0.15, 0.2) is 0 Å². The largest absolute Gasteiger partial charge is 0.497 e. The number of rotatable bonds is 3. The van der Waals surface area contributed by atoms with Crippen molar-refractivity contribution in [3.05, 3.63) is 112 Å². The van der Waals surface area contributed by atoms with E-state index in [0.717, 1.165) is 34.2 Å². The van der Waals surface area contributed by atoms with Gasteiger partial charge in [0.1, 0.15) is 11.3 Å². The summed E-state index contributed by atoms with van der Waals surface area (Å²) in [6.45, 7) is 0. The van der Waals surface area contributed by atoms with Gasteiger partial charge in [-0.3, -0.25) is 0 Å². The van der Waals surface area contributed by atoms with E-state index in [2.05, 4.69) is 30.3 Å². The molecule has 1 aliphatic carbocycles. The summed E-state index contributed by atoms with van der Waals surface area (Å²) >= 11 is 0. The van der Waals surface area contributed by atoms with Crippen molar-refractivity contribution in [3.8, 4) is 5.75 Å². The Morgan fingerprint density at radius 2 is 1.57 bits per heavy atom. The average Bonchev–Trinajstić information content (AvgIpc) is 3.16. The van der Waals surface area contributed by atoms with Crippen LogP contribution in [0.5, 0.6) is 5.75 Å². The summed E-state index contributed by atoms with van der Waals surface area (Å²) in [6.07, 6.45) is 0.813. The fourth-order valence-corrected chi connectivity index (χ4v) is 4.52. The van der Waals surface area contributed by atoms with Crippen molar-refractivity contribution in [1.82, 2.24) is 0 Å². The fraction of sp³-hybridized carbons (Fsp3) is 0.160. The van der Waals surface area contributed by atoms with Gasteiger partial charge in [0.25, 0.3) is 0 Å². The maximum absolute atomic E-state index is 13.0. The summed E-state index contributed by atoms with van der Waals surface area (Å²) in [4.78, 5) is 13.0. The number of para-hydroxylation sites is 1. The lowest BCUT2D eigenvalue weighted by atomic mass is 9.82. The summed E-state index contributed by atoms with van der Waals surface area (Å²) in [5, 5.41) is 1.04. The molecule has 0 bridgehead atoms. The highest BCUT2D eigenvalue weighted by Gasteiger charge is 2.38. The van der Waals surface area contributed by atoms with Gasteiger partial charge in [-0.1, -0.05) is 60.7 Å². The molecule has 1 heterocycles. The fourth-order valence-electron chi connectivity index (χ4n) is 4.52. The topological polar surface area (TPSA) is 39.4 Å². The summed E-state index contributed by atoms with van der Waals surface area (Å²) in [5.74, 6) is 0.989. The van der Waals surface area contributed by atoms with Crippen molar-refractivity contribution < 1.29 is 9.15 Å². The van der Waals surface area contributed by atoms with E-state index in [-0.39, 0.29) is 17.5 Å². The lowest BCUT2D eigenvalue weighted by Gasteiger charge is -2.21. The normalized spacial score (nSPS) is 18.2. The molecule has 4 aromatic rings. The molecule has 0 unspecified atom stereocenters. The molecule has 0 radical (unpaired) electrons. The van der Waals surface area contributed by atoms with E-state index in [9.17, 15) is 4.79 Å². The number of fused-ring (bicyclic) bond motifs is 3. The smallest absolute Gasteiger partial charge is 0.340 e. The molecule has 5 rings (SSSR count). The molecule has 0 N–H and O–H groups in total. The van der Waals surface area contributed by atoms with Crippen LogP contribution in [0.3, 0.4) is 0 Å². The summed E-state index contributed by atoms with van der Waals surface area (Å²) in [6, 6.07) is 26.3. The molecule has 138 valence electrons. The predicted octanol–water partition coefficient (Wildman–Crippen LogP) is 5.27. The molecular weight excluding hydrogens is 348 g/mol. The standard InChI is InChI=1S/C25H20O3/c1-27-18-13-11-16(12-14-18)20-15-21-19-9-5-6-10-22(19)28-25(26)24(21)23(20)17-7-3-2-4-8-17/h2-14,20,23H,15H2,1H3/t20-,23-/m1/s1. The van der Waals surface area contributed by atoms with Crippen LogP contribution in [0.2, 0.25) is 0 Å². The number of benzene rings is 3. The Balaban J connectivity index is 1.74. The molecule has 3 heteroatoms. The van der Waals surface area contributed by atoms with Crippen LogP contribution in [-0.4, -0.2) is 7.11 Å². The first-order valence-corrected chi connectivity index (χ1v) is 9.50.